The fourth-order valence-electron chi connectivity index (χ4n) is 0.736. The van der Waals surface area contributed by atoms with E-state index in [0.717, 1.165) is 30.1 Å². The van der Waals surface area contributed by atoms with E-state index in [0.29, 0.717) is 6.54 Å². The summed E-state index contributed by atoms with van der Waals surface area (Å²) in [5.41, 5.74) is 0. The summed E-state index contributed by atoms with van der Waals surface area (Å²) < 4.78 is 0. The highest BCUT2D eigenvalue weighted by molar-refractivity contribution is 7.99. The maximum Gasteiger partial charge on any atom is 0.328 e. The molecule has 4 nitrogen and oxygen atoms in total. The zero-order valence-corrected chi connectivity index (χ0v) is 8.97. The van der Waals surface area contributed by atoms with Gasteiger partial charge in [0.25, 0.3) is 0 Å². The third-order valence-corrected chi connectivity index (χ3v) is 2.33. The van der Waals surface area contributed by atoms with Gasteiger partial charge in [0.1, 0.15) is 0 Å². The van der Waals surface area contributed by atoms with Crippen LogP contribution in [0.5, 0.6) is 0 Å². The molecule has 0 fully saturated rings. The molecule has 0 heterocycles. The largest absolute Gasteiger partial charge is 0.478 e. The van der Waals surface area contributed by atoms with E-state index in [1.54, 1.807) is 0 Å². The Bertz CT molecular complexity index is 216. The van der Waals surface area contributed by atoms with Crippen LogP contribution in [0.25, 0.3) is 0 Å². The molecule has 0 rings (SSSR count). The third-order valence-electron chi connectivity index (χ3n) is 1.35. The molecule has 0 aromatic carbocycles. The number of hydrogen-bond donors (Lipinski definition) is 2. The number of carbonyl (C=O) groups excluding carboxylic acids is 1. The highest BCUT2D eigenvalue weighted by Gasteiger charge is 1.95. The maximum atomic E-state index is 10.9. The first-order chi connectivity index (χ1) is 6.66. The molecular formula is C9H15NO3S. The molecule has 0 unspecified atom stereocenters. The molecule has 0 spiro atoms. The molecule has 0 saturated carbocycles. The number of carboxylic acid groups (broad SMARTS) is 1. The van der Waals surface area contributed by atoms with Gasteiger partial charge >= 0.3 is 5.97 Å². The number of rotatable bonds is 7. The van der Waals surface area contributed by atoms with Gasteiger partial charge in [0.15, 0.2) is 0 Å². The van der Waals surface area contributed by atoms with Crippen LogP contribution in [0.1, 0.15) is 13.3 Å². The topological polar surface area (TPSA) is 66.4 Å². The van der Waals surface area contributed by atoms with E-state index in [9.17, 15) is 9.59 Å². The molecule has 0 aliphatic heterocycles. The van der Waals surface area contributed by atoms with Crippen LogP contribution in [0.2, 0.25) is 0 Å². The van der Waals surface area contributed by atoms with Crippen molar-refractivity contribution in [3.63, 3.8) is 0 Å². The predicted molar refractivity (Wildman–Crippen MR) is 57.4 cm³/mol. The fourth-order valence-corrected chi connectivity index (χ4v) is 1.37. The van der Waals surface area contributed by atoms with Crippen molar-refractivity contribution >= 4 is 23.6 Å². The number of hydrogen-bond acceptors (Lipinski definition) is 3. The molecule has 0 aliphatic carbocycles. The Morgan fingerprint density at radius 2 is 2.14 bits per heavy atom. The highest BCUT2D eigenvalue weighted by Crippen LogP contribution is 1.99. The second-order valence-corrected chi connectivity index (χ2v) is 3.91. The van der Waals surface area contributed by atoms with Crippen molar-refractivity contribution in [2.45, 2.75) is 13.3 Å². The molecule has 14 heavy (non-hydrogen) atoms. The third kappa shape index (κ3) is 9.12. The Labute approximate surface area is 87.8 Å². The van der Waals surface area contributed by atoms with E-state index in [2.05, 4.69) is 12.2 Å². The summed E-state index contributed by atoms with van der Waals surface area (Å²) in [6.07, 6.45) is 2.76. The zero-order chi connectivity index (χ0) is 10.8. The van der Waals surface area contributed by atoms with E-state index in [1.165, 1.54) is 0 Å². The van der Waals surface area contributed by atoms with Crippen LogP contribution in [-0.4, -0.2) is 35.0 Å². The molecule has 2 N–H and O–H groups in total. The molecule has 0 atom stereocenters. The Morgan fingerprint density at radius 3 is 2.71 bits per heavy atom. The second-order valence-electron chi connectivity index (χ2n) is 2.51. The predicted octanol–water partition coefficient (Wildman–Crippen LogP) is 0.887. The van der Waals surface area contributed by atoms with Gasteiger partial charge in [-0.05, 0) is 17.9 Å². The van der Waals surface area contributed by atoms with Gasteiger partial charge in [0.05, 0.1) is 0 Å². The van der Waals surface area contributed by atoms with E-state index in [1.807, 2.05) is 11.8 Å². The quantitative estimate of drug-likeness (QED) is 0.491. The SMILES string of the molecule is CCSCCCNC(=O)C=CC(=O)O. The lowest BCUT2D eigenvalue weighted by atomic mass is 10.4. The number of carbonyl (C=O) groups is 2. The van der Waals surface area contributed by atoms with Crippen LogP contribution >= 0.6 is 11.8 Å². The van der Waals surface area contributed by atoms with Crippen LogP contribution in [0, 0.1) is 0 Å². The van der Waals surface area contributed by atoms with Crippen LogP contribution in [0.3, 0.4) is 0 Å². The number of carboxylic acids is 1. The smallest absolute Gasteiger partial charge is 0.328 e. The lowest BCUT2D eigenvalue weighted by Crippen LogP contribution is -2.22. The number of aliphatic carboxylic acids is 1. The average Bonchev–Trinajstić information content (AvgIpc) is 2.14. The van der Waals surface area contributed by atoms with Gasteiger partial charge in [-0.1, -0.05) is 6.92 Å². The summed E-state index contributed by atoms with van der Waals surface area (Å²) in [5, 5.41) is 10.8. The van der Waals surface area contributed by atoms with E-state index in [4.69, 9.17) is 5.11 Å². The van der Waals surface area contributed by atoms with Gasteiger partial charge in [-0.15, -0.1) is 0 Å². The van der Waals surface area contributed by atoms with Crippen molar-refractivity contribution in [1.82, 2.24) is 5.32 Å². The Balaban J connectivity index is 3.40. The number of nitrogens with one attached hydrogen (secondary N) is 1. The van der Waals surface area contributed by atoms with Gasteiger partial charge in [-0.2, -0.15) is 11.8 Å². The first kappa shape index (κ1) is 13.0. The van der Waals surface area contributed by atoms with E-state index >= 15 is 0 Å². The Morgan fingerprint density at radius 1 is 1.43 bits per heavy atom. The maximum absolute atomic E-state index is 10.9. The summed E-state index contributed by atoms with van der Waals surface area (Å²) in [5.74, 6) is 0.627. The summed E-state index contributed by atoms with van der Waals surface area (Å²) >= 11 is 1.81. The van der Waals surface area contributed by atoms with E-state index < -0.39 is 5.97 Å². The van der Waals surface area contributed by atoms with E-state index in [-0.39, 0.29) is 5.91 Å². The van der Waals surface area contributed by atoms with Crippen molar-refractivity contribution in [3.05, 3.63) is 12.2 Å². The van der Waals surface area contributed by atoms with Crippen LogP contribution in [0.15, 0.2) is 12.2 Å². The fraction of sp³-hybridized carbons (Fsp3) is 0.556. The first-order valence-corrected chi connectivity index (χ1v) is 5.59. The molecular weight excluding hydrogens is 202 g/mol. The van der Waals surface area contributed by atoms with Crippen molar-refractivity contribution in [1.29, 1.82) is 0 Å². The monoisotopic (exact) mass is 217 g/mol. The van der Waals surface area contributed by atoms with Crippen molar-refractivity contribution in [3.8, 4) is 0 Å². The van der Waals surface area contributed by atoms with Gasteiger partial charge in [-0.25, -0.2) is 4.79 Å². The van der Waals surface area contributed by atoms with Crippen LogP contribution in [-0.2, 0) is 9.59 Å². The Hall–Kier alpha value is -0.970. The Kier molecular flexibility index (Phi) is 8.02. The summed E-state index contributed by atoms with van der Waals surface area (Å²) in [6, 6.07) is 0. The van der Waals surface area contributed by atoms with Gasteiger partial charge < -0.3 is 10.4 Å². The van der Waals surface area contributed by atoms with Crippen LogP contribution in [0.4, 0.5) is 0 Å². The molecule has 1 amide bonds. The summed E-state index contributed by atoms with van der Waals surface area (Å²) in [6.45, 7) is 2.68. The molecule has 0 saturated heterocycles. The lowest BCUT2D eigenvalue weighted by Gasteiger charge is -2.00. The minimum absolute atomic E-state index is 0.353. The lowest BCUT2D eigenvalue weighted by molar-refractivity contribution is -0.131. The second kappa shape index (κ2) is 8.62. The van der Waals surface area contributed by atoms with Crippen LogP contribution < -0.4 is 5.32 Å². The molecule has 80 valence electrons. The molecule has 0 bridgehead atoms. The van der Waals surface area contributed by atoms with Gasteiger partial charge in [0, 0.05) is 18.7 Å². The van der Waals surface area contributed by atoms with Crippen molar-refractivity contribution in [2.75, 3.05) is 18.1 Å². The molecule has 0 aromatic rings. The number of thioether (sulfide) groups is 1. The van der Waals surface area contributed by atoms with Crippen molar-refractivity contribution in [2.24, 2.45) is 0 Å². The summed E-state index contributed by atoms with van der Waals surface area (Å²) in [4.78, 5) is 21.0. The minimum Gasteiger partial charge on any atom is -0.478 e. The zero-order valence-electron chi connectivity index (χ0n) is 8.16. The van der Waals surface area contributed by atoms with Gasteiger partial charge in [-0.3, -0.25) is 4.79 Å². The molecule has 0 aliphatic rings. The normalized spacial score (nSPS) is 10.4. The number of amides is 1. The molecule has 0 aromatic heterocycles. The first-order valence-electron chi connectivity index (χ1n) is 4.43. The standard InChI is InChI=1S/C9H15NO3S/c1-2-14-7-3-6-10-8(11)4-5-9(12)13/h4-5H,2-3,6-7H2,1H3,(H,10,11)(H,12,13). The van der Waals surface area contributed by atoms with Gasteiger partial charge in [0.2, 0.25) is 5.91 Å². The molecule has 0 radical (unpaired) electrons. The molecule has 5 heteroatoms. The average molecular weight is 217 g/mol. The summed E-state index contributed by atoms with van der Waals surface area (Å²) in [7, 11) is 0. The minimum atomic E-state index is -1.11. The highest BCUT2D eigenvalue weighted by atomic mass is 32.2. The van der Waals surface area contributed by atoms with Crippen molar-refractivity contribution < 1.29 is 14.7 Å².